The molecule has 0 bridgehead atoms. The van der Waals surface area contributed by atoms with Crippen LogP contribution in [0, 0.1) is 0 Å². The van der Waals surface area contributed by atoms with Crippen LogP contribution >= 0.6 is 11.3 Å². The van der Waals surface area contributed by atoms with Crippen LogP contribution in [0.2, 0.25) is 0 Å². The van der Waals surface area contributed by atoms with E-state index in [-0.39, 0.29) is 30.4 Å². The topological polar surface area (TPSA) is 67.4 Å². The van der Waals surface area contributed by atoms with Crippen LogP contribution in [0.4, 0.5) is 0 Å². The van der Waals surface area contributed by atoms with Gasteiger partial charge in [0.05, 0.1) is 25.6 Å². The third kappa shape index (κ3) is 4.05. The van der Waals surface area contributed by atoms with Gasteiger partial charge in [-0.05, 0) is 30.8 Å². The highest BCUT2D eigenvalue weighted by atomic mass is 32.1. The fourth-order valence-electron chi connectivity index (χ4n) is 2.31. The van der Waals surface area contributed by atoms with Gasteiger partial charge in [0.15, 0.2) is 0 Å². The SMILES string of the molecule is COC(=O)CC(NC(=O)C1CCCCN1)c1cccs1. The first kappa shape index (κ1) is 15.0. The number of hydrogen-bond donors (Lipinski definition) is 2. The Labute approximate surface area is 122 Å². The lowest BCUT2D eigenvalue weighted by Gasteiger charge is -2.25. The first-order chi connectivity index (χ1) is 9.70. The zero-order chi connectivity index (χ0) is 14.4. The molecular weight excluding hydrogens is 276 g/mol. The van der Waals surface area contributed by atoms with Gasteiger partial charge < -0.3 is 15.4 Å². The highest BCUT2D eigenvalue weighted by Gasteiger charge is 2.25. The van der Waals surface area contributed by atoms with Crippen molar-refractivity contribution in [3.8, 4) is 0 Å². The quantitative estimate of drug-likeness (QED) is 0.810. The van der Waals surface area contributed by atoms with Crippen molar-refractivity contribution < 1.29 is 14.3 Å². The number of piperidine rings is 1. The van der Waals surface area contributed by atoms with Gasteiger partial charge in [0.1, 0.15) is 0 Å². The summed E-state index contributed by atoms with van der Waals surface area (Å²) in [6, 6.07) is 3.38. The van der Waals surface area contributed by atoms with Crippen molar-refractivity contribution in [1.82, 2.24) is 10.6 Å². The van der Waals surface area contributed by atoms with E-state index in [1.54, 1.807) is 0 Å². The number of esters is 1. The summed E-state index contributed by atoms with van der Waals surface area (Å²) in [5.74, 6) is -0.354. The van der Waals surface area contributed by atoms with Gasteiger partial charge >= 0.3 is 5.97 Å². The fourth-order valence-corrected chi connectivity index (χ4v) is 3.09. The average molecular weight is 296 g/mol. The number of amides is 1. The zero-order valence-electron chi connectivity index (χ0n) is 11.6. The van der Waals surface area contributed by atoms with Crippen LogP contribution in [0.3, 0.4) is 0 Å². The molecule has 1 aromatic rings. The molecule has 0 saturated carbocycles. The normalized spacial score (nSPS) is 20.1. The van der Waals surface area contributed by atoms with Gasteiger partial charge in [0, 0.05) is 4.88 Å². The Balaban J connectivity index is 1.99. The van der Waals surface area contributed by atoms with E-state index in [4.69, 9.17) is 4.74 Å². The Hall–Kier alpha value is -1.40. The van der Waals surface area contributed by atoms with Gasteiger partial charge in [-0.2, -0.15) is 0 Å². The van der Waals surface area contributed by atoms with E-state index in [1.165, 1.54) is 18.4 Å². The third-order valence-corrected chi connectivity index (χ3v) is 4.41. The number of nitrogens with one attached hydrogen (secondary N) is 2. The first-order valence-corrected chi connectivity index (χ1v) is 7.72. The minimum Gasteiger partial charge on any atom is -0.469 e. The van der Waals surface area contributed by atoms with Crippen LogP contribution in [-0.4, -0.2) is 31.6 Å². The summed E-state index contributed by atoms with van der Waals surface area (Å²) in [5.41, 5.74) is 0. The summed E-state index contributed by atoms with van der Waals surface area (Å²) in [6.07, 6.45) is 3.18. The summed E-state index contributed by atoms with van der Waals surface area (Å²) < 4.78 is 4.70. The predicted octanol–water partition coefficient (Wildman–Crippen LogP) is 1.61. The Kier molecular flexibility index (Phi) is 5.55. The molecule has 0 aliphatic carbocycles. The Morgan fingerprint density at radius 1 is 1.55 bits per heavy atom. The van der Waals surface area contributed by atoms with Crippen LogP contribution < -0.4 is 10.6 Å². The molecular formula is C14H20N2O3S. The molecule has 110 valence electrons. The van der Waals surface area contributed by atoms with Crippen LogP contribution in [-0.2, 0) is 14.3 Å². The molecule has 1 fully saturated rings. The van der Waals surface area contributed by atoms with Crippen molar-refractivity contribution >= 4 is 23.2 Å². The number of carbonyl (C=O) groups excluding carboxylic acids is 2. The maximum absolute atomic E-state index is 12.3. The second kappa shape index (κ2) is 7.40. The van der Waals surface area contributed by atoms with Crippen LogP contribution in [0.15, 0.2) is 17.5 Å². The molecule has 1 saturated heterocycles. The summed E-state index contributed by atoms with van der Waals surface area (Å²) in [7, 11) is 1.36. The largest absolute Gasteiger partial charge is 0.469 e. The number of ether oxygens (including phenoxy) is 1. The van der Waals surface area contributed by atoms with Crippen LogP contribution in [0.5, 0.6) is 0 Å². The Morgan fingerprint density at radius 2 is 2.40 bits per heavy atom. The number of hydrogen-bond acceptors (Lipinski definition) is 5. The van der Waals surface area contributed by atoms with Gasteiger partial charge in [-0.1, -0.05) is 12.5 Å². The molecule has 0 radical (unpaired) electrons. The summed E-state index contributed by atoms with van der Waals surface area (Å²) in [4.78, 5) is 24.7. The minimum absolute atomic E-state index is 0.0352. The highest BCUT2D eigenvalue weighted by molar-refractivity contribution is 7.10. The van der Waals surface area contributed by atoms with Gasteiger partial charge in [0.25, 0.3) is 0 Å². The van der Waals surface area contributed by atoms with Crippen molar-refractivity contribution in [3.05, 3.63) is 22.4 Å². The molecule has 1 aliphatic heterocycles. The van der Waals surface area contributed by atoms with E-state index in [0.29, 0.717) is 0 Å². The molecule has 1 amide bonds. The Morgan fingerprint density at radius 3 is 3.00 bits per heavy atom. The Bertz CT molecular complexity index is 441. The molecule has 0 aromatic carbocycles. The van der Waals surface area contributed by atoms with Crippen molar-refractivity contribution in [2.45, 2.75) is 37.8 Å². The third-order valence-electron chi connectivity index (χ3n) is 3.43. The summed E-state index contributed by atoms with van der Waals surface area (Å²) >= 11 is 1.53. The van der Waals surface area contributed by atoms with Crippen molar-refractivity contribution in [2.75, 3.05) is 13.7 Å². The number of methoxy groups -OCH3 is 1. The fraction of sp³-hybridized carbons (Fsp3) is 0.571. The summed E-state index contributed by atoms with van der Waals surface area (Å²) in [6.45, 7) is 0.874. The molecule has 1 aliphatic rings. The van der Waals surface area contributed by atoms with Gasteiger partial charge in [-0.3, -0.25) is 9.59 Å². The molecule has 0 spiro atoms. The van der Waals surface area contributed by atoms with Gasteiger partial charge in [-0.25, -0.2) is 0 Å². The molecule has 1 aromatic heterocycles. The maximum atomic E-state index is 12.3. The molecule has 6 heteroatoms. The standard InChI is InChI=1S/C14H20N2O3S/c1-19-13(17)9-11(12-6-4-8-20-12)16-14(18)10-5-2-3-7-15-10/h4,6,8,10-11,15H,2-3,5,7,9H2,1H3,(H,16,18). The van der Waals surface area contributed by atoms with Crippen molar-refractivity contribution in [2.24, 2.45) is 0 Å². The lowest BCUT2D eigenvalue weighted by atomic mass is 10.0. The van der Waals surface area contributed by atoms with Crippen LogP contribution in [0.25, 0.3) is 0 Å². The van der Waals surface area contributed by atoms with E-state index in [0.717, 1.165) is 30.7 Å². The van der Waals surface area contributed by atoms with Gasteiger partial charge in [-0.15, -0.1) is 11.3 Å². The molecule has 2 heterocycles. The molecule has 2 rings (SSSR count). The lowest BCUT2D eigenvalue weighted by molar-refractivity contribution is -0.141. The minimum atomic E-state index is -0.319. The average Bonchev–Trinajstić information content (AvgIpc) is 3.01. The van der Waals surface area contributed by atoms with E-state index >= 15 is 0 Å². The number of rotatable bonds is 5. The first-order valence-electron chi connectivity index (χ1n) is 6.84. The second-order valence-corrected chi connectivity index (χ2v) is 5.84. The van der Waals surface area contributed by atoms with E-state index in [2.05, 4.69) is 10.6 Å². The van der Waals surface area contributed by atoms with Gasteiger partial charge in [0.2, 0.25) is 5.91 Å². The number of thiophene rings is 1. The monoisotopic (exact) mass is 296 g/mol. The zero-order valence-corrected chi connectivity index (χ0v) is 12.4. The predicted molar refractivity (Wildman–Crippen MR) is 77.5 cm³/mol. The van der Waals surface area contributed by atoms with Crippen LogP contribution in [0.1, 0.15) is 36.6 Å². The van der Waals surface area contributed by atoms with E-state index in [1.807, 2.05) is 17.5 Å². The molecule has 5 nitrogen and oxygen atoms in total. The lowest BCUT2D eigenvalue weighted by Crippen LogP contribution is -2.47. The molecule has 20 heavy (non-hydrogen) atoms. The van der Waals surface area contributed by atoms with E-state index < -0.39 is 0 Å². The second-order valence-electron chi connectivity index (χ2n) is 4.86. The highest BCUT2D eigenvalue weighted by Crippen LogP contribution is 2.23. The van der Waals surface area contributed by atoms with E-state index in [9.17, 15) is 9.59 Å². The van der Waals surface area contributed by atoms with Crippen molar-refractivity contribution in [3.63, 3.8) is 0 Å². The van der Waals surface area contributed by atoms with Crippen molar-refractivity contribution in [1.29, 1.82) is 0 Å². The maximum Gasteiger partial charge on any atom is 0.307 e. The number of carbonyl (C=O) groups is 2. The molecule has 2 unspecified atom stereocenters. The molecule has 2 atom stereocenters. The molecule has 2 N–H and O–H groups in total. The summed E-state index contributed by atoms with van der Waals surface area (Å²) in [5, 5.41) is 8.11. The smallest absolute Gasteiger partial charge is 0.307 e.